The number of aliphatic hydroxyl groups is 1. The van der Waals surface area contributed by atoms with Gasteiger partial charge in [0, 0.05) is 25.6 Å². The maximum Gasteiger partial charge on any atom is 0.225 e. The fourth-order valence-electron chi connectivity index (χ4n) is 3.47. The minimum absolute atomic E-state index is 0.181. The Kier molecular flexibility index (Phi) is 3.85. The fourth-order valence-corrected chi connectivity index (χ4v) is 3.47. The van der Waals surface area contributed by atoms with Crippen molar-refractivity contribution in [1.82, 2.24) is 4.90 Å². The van der Waals surface area contributed by atoms with Crippen molar-refractivity contribution in [2.24, 2.45) is 17.8 Å². The molecule has 2 aliphatic carbocycles. The van der Waals surface area contributed by atoms with Gasteiger partial charge in [-0.05, 0) is 44.4 Å². The molecule has 1 N–H and O–H groups in total. The Labute approximate surface area is 97.8 Å². The Morgan fingerprint density at radius 1 is 1.38 bits per heavy atom. The van der Waals surface area contributed by atoms with E-state index in [1.165, 1.54) is 19.3 Å². The lowest BCUT2D eigenvalue weighted by Gasteiger charge is -2.28. The molecule has 3 heteroatoms. The molecule has 3 unspecified atom stereocenters. The van der Waals surface area contributed by atoms with Gasteiger partial charge in [-0.15, -0.1) is 0 Å². The van der Waals surface area contributed by atoms with E-state index in [2.05, 4.69) is 0 Å². The van der Waals surface area contributed by atoms with Crippen molar-refractivity contribution in [2.45, 2.75) is 39.0 Å². The third kappa shape index (κ3) is 2.24. The summed E-state index contributed by atoms with van der Waals surface area (Å²) in [4.78, 5) is 14.2. The number of carbonyl (C=O) groups excluding carboxylic acids is 1. The predicted molar refractivity (Wildman–Crippen MR) is 62.9 cm³/mol. The number of aliphatic hydroxyl groups excluding tert-OH is 1. The van der Waals surface area contributed by atoms with Gasteiger partial charge in [-0.25, -0.2) is 0 Å². The Morgan fingerprint density at radius 3 is 2.69 bits per heavy atom. The van der Waals surface area contributed by atoms with Gasteiger partial charge >= 0.3 is 0 Å². The number of nitrogens with zero attached hydrogens (tertiary/aromatic N) is 1. The molecule has 2 saturated carbocycles. The molecule has 0 saturated heterocycles. The van der Waals surface area contributed by atoms with Crippen LogP contribution in [-0.4, -0.2) is 35.6 Å². The summed E-state index contributed by atoms with van der Waals surface area (Å²) in [6.07, 6.45) is 5.73. The molecule has 3 nitrogen and oxygen atoms in total. The molecule has 2 aliphatic rings. The molecule has 16 heavy (non-hydrogen) atoms. The van der Waals surface area contributed by atoms with Crippen LogP contribution in [-0.2, 0) is 4.79 Å². The van der Waals surface area contributed by atoms with Gasteiger partial charge in [0.15, 0.2) is 0 Å². The van der Waals surface area contributed by atoms with Crippen LogP contribution >= 0.6 is 0 Å². The fraction of sp³-hybridized carbons (Fsp3) is 0.923. The highest BCUT2D eigenvalue weighted by Gasteiger charge is 2.44. The van der Waals surface area contributed by atoms with E-state index in [-0.39, 0.29) is 6.61 Å². The van der Waals surface area contributed by atoms with Gasteiger partial charge in [-0.1, -0.05) is 6.42 Å². The molecule has 2 bridgehead atoms. The van der Waals surface area contributed by atoms with Crippen LogP contribution < -0.4 is 0 Å². The van der Waals surface area contributed by atoms with E-state index in [1.54, 1.807) is 0 Å². The molecular weight excluding hydrogens is 202 g/mol. The van der Waals surface area contributed by atoms with Crippen molar-refractivity contribution in [3.63, 3.8) is 0 Å². The van der Waals surface area contributed by atoms with Crippen LogP contribution in [0, 0.1) is 17.8 Å². The Hall–Kier alpha value is -0.570. The Morgan fingerprint density at radius 2 is 2.19 bits per heavy atom. The minimum Gasteiger partial charge on any atom is -0.396 e. The van der Waals surface area contributed by atoms with Crippen LogP contribution in [0.3, 0.4) is 0 Å². The number of rotatable bonds is 5. The van der Waals surface area contributed by atoms with Gasteiger partial charge in [-0.3, -0.25) is 4.79 Å². The summed E-state index contributed by atoms with van der Waals surface area (Å²) in [6, 6.07) is 0. The Bertz CT molecular complexity index is 254. The molecular formula is C13H23NO2. The summed E-state index contributed by atoms with van der Waals surface area (Å²) in [5.41, 5.74) is 0. The lowest BCUT2D eigenvalue weighted by molar-refractivity contribution is -0.137. The zero-order chi connectivity index (χ0) is 11.5. The normalized spacial score (nSPS) is 32.0. The highest BCUT2D eigenvalue weighted by molar-refractivity contribution is 5.79. The molecule has 0 radical (unpaired) electrons. The second-order valence-corrected chi connectivity index (χ2v) is 5.28. The van der Waals surface area contributed by atoms with Crippen LogP contribution in [0.2, 0.25) is 0 Å². The van der Waals surface area contributed by atoms with E-state index in [9.17, 15) is 4.79 Å². The molecule has 2 rings (SSSR count). The van der Waals surface area contributed by atoms with Crippen LogP contribution in [0.5, 0.6) is 0 Å². The molecule has 0 aromatic heterocycles. The van der Waals surface area contributed by atoms with Crippen LogP contribution in [0.25, 0.3) is 0 Å². The molecule has 0 aromatic rings. The summed E-state index contributed by atoms with van der Waals surface area (Å²) in [7, 11) is 0. The van der Waals surface area contributed by atoms with Crippen molar-refractivity contribution in [2.75, 3.05) is 19.7 Å². The lowest BCUT2D eigenvalue weighted by Crippen LogP contribution is -2.39. The van der Waals surface area contributed by atoms with Gasteiger partial charge in [-0.2, -0.15) is 0 Å². The SMILES string of the molecule is CCN(CCCO)C(=O)C1CC2CCC1C2. The number of amides is 1. The molecule has 3 atom stereocenters. The second-order valence-electron chi connectivity index (χ2n) is 5.28. The van der Waals surface area contributed by atoms with E-state index >= 15 is 0 Å². The van der Waals surface area contributed by atoms with Crippen LogP contribution in [0.15, 0.2) is 0 Å². The molecule has 2 fully saturated rings. The molecule has 0 spiro atoms. The highest BCUT2D eigenvalue weighted by Crippen LogP contribution is 2.48. The van der Waals surface area contributed by atoms with Gasteiger partial charge in [0.2, 0.25) is 5.91 Å². The lowest BCUT2D eigenvalue weighted by atomic mass is 9.87. The number of fused-ring (bicyclic) bond motifs is 2. The smallest absolute Gasteiger partial charge is 0.225 e. The van der Waals surface area contributed by atoms with Crippen molar-refractivity contribution in [1.29, 1.82) is 0 Å². The Balaban J connectivity index is 1.90. The molecule has 0 heterocycles. The van der Waals surface area contributed by atoms with Gasteiger partial charge in [0.1, 0.15) is 0 Å². The van der Waals surface area contributed by atoms with E-state index in [0.29, 0.717) is 24.2 Å². The van der Waals surface area contributed by atoms with Crippen molar-refractivity contribution < 1.29 is 9.90 Å². The summed E-state index contributed by atoms with van der Waals surface area (Å²) in [6.45, 7) is 3.72. The largest absolute Gasteiger partial charge is 0.396 e. The second kappa shape index (κ2) is 5.17. The first-order valence-electron chi connectivity index (χ1n) is 6.66. The summed E-state index contributed by atoms with van der Waals surface area (Å²) >= 11 is 0. The predicted octanol–water partition coefficient (Wildman–Crippen LogP) is 1.65. The van der Waals surface area contributed by atoms with E-state index in [4.69, 9.17) is 5.11 Å². The quantitative estimate of drug-likeness (QED) is 0.773. The summed E-state index contributed by atoms with van der Waals surface area (Å²) < 4.78 is 0. The van der Waals surface area contributed by atoms with Crippen LogP contribution in [0.4, 0.5) is 0 Å². The van der Waals surface area contributed by atoms with Crippen LogP contribution in [0.1, 0.15) is 39.0 Å². The minimum atomic E-state index is 0.181. The zero-order valence-electron chi connectivity index (χ0n) is 10.2. The third-order valence-corrected chi connectivity index (χ3v) is 4.33. The molecule has 92 valence electrons. The van der Waals surface area contributed by atoms with Crippen molar-refractivity contribution in [3.05, 3.63) is 0 Å². The maximum absolute atomic E-state index is 12.3. The highest BCUT2D eigenvalue weighted by atomic mass is 16.3. The van der Waals surface area contributed by atoms with E-state index in [0.717, 1.165) is 25.4 Å². The molecule has 0 aromatic carbocycles. The maximum atomic E-state index is 12.3. The number of carbonyl (C=O) groups is 1. The average Bonchev–Trinajstić information content (AvgIpc) is 2.91. The molecule has 0 aliphatic heterocycles. The van der Waals surface area contributed by atoms with E-state index < -0.39 is 0 Å². The first-order chi connectivity index (χ1) is 7.76. The summed E-state index contributed by atoms with van der Waals surface area (Å²) in [5.74, 6) is 2.15. The van der Waals surface area contributed by atoms with Crippen molar-refractivity contribution >= 4 is 5.91 Å². The third-order valence-electron chi connectivity index (χ3n) is 4.33. The zero-order valence-corrected chi connectivity index (χ0v) is 10.2. The average molecular weight is 225 g/mol. The van der Waals surface area contributed by atoms with Gasteiger partial charge in [0.05, 0.1) is 0 Å². The monoisotopic (exact) mass is 225 g/mol. The summed E-state index contributed by atoms with van der Waals surface area (Å²) in [5, 5.41) is 8.83. The van der Waals surface area contributed by atoms with Gasteiger partial charge in [0.25, 0.3) is 0 Å². The van der Waals surface area contributed by atoms with Crippen molar-refractivity contribution in [3.8, 4) is 0 Å². The van der Waals surface area contributed by atoms with Gasteiger partial charge < -0.3 is 10.0 Å². The topological polar surface area (TPSA) is 40.5 Å². The number of hydrogen-bond donors (Lipinski definition) is 1. The standard InChI is InChI=1S/C13H23NO2/c1-2-14(6-3-7-15)13(16)12-9-10-4-5-11(12)8-10/h10-12,15H,2-9H2,1H3. The molecule has 1 amide bonds. The first-order valence-corrected chi connectivity index (χ1v) is 6.66. The van der Waals surface area contributed by atoms with E-state index in [1.807, 2.05) is 11.8 Å². The number of hydrogen-bond acceptors (Lipinski definition) is 2. The first kappa shape index (κ1) is 11.9.